The zero-order chi connectivity index (χ0) is 14.4. The Morgan fingerprint density at radius 3 is 2.50 bits per heavy atom. The Balaban J connectivity index is 2.37. The lowest BCUT2D eigenvalue weighted by molar-refractivity contribution is 0.316. The van der Waals surface area contributed by atoms with Crippen LogP contribution < -0.4 is 14.4 Å². The van der Waals surface area contributed by atoms with Gasteiger partial charge in [0, 0.05) is 19.2 Å². The molecule has 1 saturated heterocycles. The molecule has 0 spiro atoms. The van der Waals surface area contributed by atoms with Gasteiger partial charge in [-0.25, -0.2) is 0 Å². The van der Waals surface area contributed by atoms with Crippen molar-refractivity contribution in [3.8, 4) is 11.5 Å². The number of benzene rings is 1. The summed E-state index contributed by atoms with van der Waals surface area (Å²) in [6.07, 6.45) is 3.31. The zero-order valence-electron chi connectivity index (χ0n) is 12.3. The Kier molecular flexibility index (Phi) is 5.05. The van der Waals surface area contributed by atoms with E-state index in [0.29, 0.717) is 24.7 Å². The van der Waals surface area contributed by atoms with Gasteiger partial charge < -0.3 is 14.4 Å². The van der Waals surface area contributed by atoms with Crippen molar-refractivity contribution in [1.82, 2.24) is 0 Å². The minimum absolute atomic E-state index is 0.421. The van der Waals surface area contributed by atoms with Crippen LogP contribution >= 0.6 is 0 Å². The molecule has 1 aliphatic heterocycles. The van der Waals surface area contributed by atoms with Gasteiger partial charge >= 0.3 is 5.69 Å². The third-order valence-corrected chi connectivity index (χ3v) is 3.36. The minimum Gasteiger partial charge on any atom is -0.491 e. The average molecular weight is 276 g/mol. The van der Waals surface area contributed by atoms with Crippen molar-refractivity contribution in [2.24, 2.45) is 0 Å². The van der Waals surface area contributed by atoms with Gasteiger partial charge in [-0.3, -0.25) is 0 Å². The molecule has 1 aliphatic rings. The molecule has 0 atom stereocenters. The number of hydrogen-bond donors (Lipinski definition) is 0. The van der Waals surface area contributed by atoms with Gasteiger partial charge in [-0.05, 0) is 26.2 Å². The minimum atomic E-state index is 0.421. The van der Waals surface area contributed by atoms with Crippen LogP contribution in [-0.2, 0) is 0 Å². The van der Waals surface area contributed by atoms with E-state index < -0.39 is 0 Å². The van der Waals surface area contributed by atoms with Gasteiger partial charge in [-0.15, -0.1) is 0 Å². The highest BCUT2D eigenvalue weighted by atomic mass is 16.5. The Morgan fingerprint density at radius 1 is 1.15 bits per heavy atom. The second kappa shape index (κ2) is 6.99. The highest BCUT2D eigenvalue weighted by Gasteiger charge is 2.25. The van der Waals surface area contributed by atoms with Gasteiger partial charge in [-0.1, -0.05) is 6.92 Å². The largest absolute Gasteiger partial charge is 0.491 e. The summed E-state index contributed by atoms with van der Waals surface area (Å²) in [4.78, 5) is 5.61. The topological polar surface area (TPSA) is 49.9 Å². The zero-order valence-corrected chi connectivity index (χ0v) is 12.3. The van der Waals surface area contributed by atoms with Crippen LogP contribution in [0.5, 0.6) is 11.5 Å². The maximum absolute atomic E-state index is 9.14. The summed E-state index contributed by atoms with van der Waals surface area (Å²) in [5.41, 5.74) is 1.45. The van der Waals surface area contributed by atoms with Gasteiger partial charge in [0.15, 0.2) is 10.7 Å². The summed E-state index contributed by atoms with van der Waals surface area (Å²) >= 11 is 0. The molecule has 5 heteroatoms. The average Bonchev–Trinajstić information content (AvgIpc) is 2.99. The molecule has 1 fully saturated rings. The van der Waals surface area contributed by atoms with E-state index in [1.165, 1.54) is 12.8 Å². The monoisotopic (exact) mass is 276 g/mol. The van der Waals surface area contributed by atoms with Crippen molar-refractivity contribution in [2.45, 2.75) is 33.1 Å². The van der Waals surface area contributed by atoms with Crippen LogP contribution in [0, 0.1) is 5.39 Å². The second-order valence-electron chi connectivity index (χ2n) is 4.86. The summed E-state index contributed by atoms with van der Waals surface area (Å²) in [6.45, 7) is 7.25. The van der Waals surface area contributed by atoms with Gasteiger partial charge in [0.05, 0.1) is 25.0 Å². The molecule has 0 amide bonds. The molecule has 0 aromatic heterocycles. The Bertz CT molecular complexity index is 491. The normalized spacial score (nSPS) is 14.2. The second-order valence-corrected chi connectivity index (χ2v) is 4.86. The first-order valence-corrected chi connectivity index (χ1v) is 7.33. The molecule has 1 aromatic rings. The number of rotatable bonds is 6. The van der Waals surface area contributed by atoms with Crippen molar-refractivity contribution in [3.63, 3.8) is 0 Å². The number of anilines is 1. The molecule has 108 valence electrons. The molecule has 0 aliphatic carbocycles. The van der Waals surface area contributed by atoms with E-state index in [0.717, 1.165) is 30.9 Å². The van der Waals surface area contributed by atoms with E-state index in [-0.39, 0.29) is 0 Å². The van der Waals surface area contributed by atoms with Crippen LogP contribution in [-0.4, -0.2) is 26.3 Å². The van der Waals surface area contributed by atoms with Gasteiger partial charge in [0.1, 0.15) is 0 Å². The summed E-state index contributed by atoms with van der Waals surface area (Å²) in [5, 5.41) is 9.14. The van der Waals surface area contributed by atoms with E-state index in [9.17, 15) is 0 Å². The first-order valence-electron chi connectivity index (χ1n) is 7.33. The fourth-order valence-corrected chi connectivity index (χ4v) is 2.42. The maximum Gasteiger partial charge on any atom is 0.430 e. The lowest BCUT2D eigenvalue weighted by Gasteiger charge is -2.21. The fourth-order valence-electron chi connectivity index (χ4n) is 2.42. The highest BCUT2D eigenvalue weighted by Crippen LogP contribution is 2.41. The van der Waals surface area contributed by atoms with Crippen molar-refractivity contribution in [1.29, 1.82) is 5.39 Å². The standard InChI is InChI=1S/C15H22N3O2/c1-3-9-20-14-11-13(18-7-5-6-8-18)15(19-4-2)10-12(14)17-16/h10-11H,3-9H2,1-2H3/q+1. The van der Waals surface area contributed by atoms with Crippen molar-refractivity contribution in [2.75, 3.05) is 31.2 Å². The summed E-state index contributed by atoms with van der Waals surface area (Å²) in [7, 11) is 0. The molecule has 0 saturated carbocycles. The lowest BCUT2D eigenvalue weighted by Crippen LogP contribution is -2.18. The molecule has 0 bridgehead atoms. The maximum atomic E-state index is 9.14. The molecule has 1 heterocycles. The van der Waals surface area contributed by atoms with Crippen LogP contribution in [0.25, 0.3) is 4.98 Å². The molecule has 0 N–H and O–H groups in total. The highest BCUT2D eigenvalue weighted by molar-refractivity contribution is 5.72. The van der Waals surface area contributed by atoms with E-state index in [1.807, 2.05) is 19.9 Å². The van der Waals surface area contributed by atoms with Crippen LogP contribution in [0.3, 0.4) is 0 Å². The molecule has 0 radical (unpaired) electrons. The molecule has 2 rings (SSSR count). The Hall–Kier alpha value is -1.96. The molecule has 0 unspecified atom stereocenters. The van der Waals surface area contributed by atoms with E-state index in [2.05, 4.69) is 9.88 Å². The number of nitrogens with zero attached hydrogens (tertiary/aromatic N) is 3. The van der Waals surface area contributed by atoms with Crippen LogP contribution in [0.15, 0.2) is 12.1 Å². The Morgan fingerprint density at radius 2 is 1.90 bits per heavy atom. The summed E-state index contributed by atoms with van der Waals surface area (Å²) in [6, 6.07) is 3.68. The summed E-state index contributed by atoms with van der Waals surface area (Å²) in [5.74, 6) is 1.37. The van der Waals surface area contributed by atoms with Crippen molar-refractivity contribution in [3.05, 3.63) is 17.1 Å². The summed E-state index contributed by atoms with van der Waals surface area (Å²) < 4.78 is 11.4. The molecule has 5 nitrogen and oxygen atoms in total. The first-order chi connectivity index (χ1) is 9.80. The van der Waals surface area contributed by atoms with Crippen LogP contribution in [0.1, 0.15) is 33.1 Å². The fraction of sp³-hybridized carbons (Fsp3) is 0.600. The number of hydrogen-bond acceptors (Lipinski definition) is 4. The third-order valence-electron chi connectivity index (χ3n) is 3.36. The lowest BCUT2D eigenvalue weighted by atomic mass is 10.2. The molecule has 1 aromatic carbocycles. The van der Waals surface area contributed by atoms with E-state index in [1.54, 1.807) is 6.07 Å². The first kappa shape index (κ1) is 14.4. The predicted octanol–water partition coefficient (Wildman–Crippen LogP) is 3.96. The number of diazo groups is 1. The predicted molar refractivity (Wildman–Crippen MR) is 79.6 cm³/mol. The quantitative estimate of drug-likeness (QED) is 0.738. The van der Waals surface area contributed by atoms with Crippen LogP contribution in [0.4, 0.5) is 11.4 Å². The molecular weight excluding hydrogens is 254 g/mol. The number of ether oxygens (including phenoxy) is 2. The van der Waals surface area contributed by atoms with Crippen molar-refractivity contribution < 1.29 is 9.47 Å². The van der Waals surface area contributed by atoms with Gasteiger partial charge in [0.2, 0.25) is 11.1 Å². The van der Waals surface area contributed by atoms with Crippen molar-refractivity contribution >= 4 is 11.4 Å². The third kappa shape index (κ3) is 3.13. The SMILES string of the molecule is CCCOc1cc(N2CCCC2)c(OCC)cc1[N+]#N. The smallest absolute Gasteiger partial charge is 0.430 e. The van der Waals surface area contributed by atoms with E-state index in [4.69, 9.17) is 14.9 Å². The van der Waals surface area contributed by atoms with Gasteiger partial charge in [0.25, 0.3) is 0 Å². The van der Waals surface area contributed by atoms with Gasteiger partial charge in [-0.2, -0.15) is 0 Å². The molecule has 20 heavy (non-hydrogen) atoms. The van der Waals surface area contributed by atoms with E-state index >= 15 is 0 Å². The Labute approximate surface area is 120 Å². The van der Waals surface area contributed by atoms with Crippen LogP contribution in [0.2, 0.25) is 0 Å². The molecular formula is C15H22N3O2+.